The predicted octanol–water partition coefficient (Wildman–Crippen LogP) is 5.07. The Balaban J connectivity index is 2.26. The first-order chi connectivity index (χ1) is 10.7. The first kappa shape index (κ1) is 14.3. The molecule has 0 saturated carbocycles. The number of esters is 1. The van der Waals surface area contributed by atoms with Crippen LogP contribution in [0.25, 0.3) is 21.9 Å². The van der Waals surface area contributed by atoms with Crippen LogP contribution in [0, 0.1) is 0 Å². The molecule has 0 aliphatic carbocycles. The molecule has 3 rings (SSSR count). The van der Waals surface area contributed by atoms with Crippen LogP contribution >= 0.6 is 0 Å². The van der Waals surface area contributed by atoms with E-state index in [2.05, 4.69) is 6.07 Å². The molecule has 2 heteroatoms. The van der Waals surface area contributed by atoms with Crippen molar-refractivity contribution in [2.75, 3.05) is 0 Å². The summed E-state index contributed by atoms with van der Waals surface area (Å²) in [5.74, 6) is -0.278. The van der Waals surface area contributed by atoms with Crippen molar-refractivity contribution in [1.29, 1.82) is 0 Å². The number of benzene rings is 3. The van der Waals surface area contributed by atoms with Gasteiger partial charge in [-0.1, -0.05) is 60.7 Å². The fraction of sp³-hybridized carbons (Fsp3) is 0.150. The Labute approximate surface area is 130 Å². The lowest BCUT2D eigenvalue weighted by atomic mass is 9.93. The molecule has 0 aliphatic rings. The topological polar surface area (TPSA) is 26.3 Å². The second-order valence-corrected chi connectivity index (χ2v) is 5.53. The minimum Gasteiger partial charge on any atom is -0.459 e. The summed E-state index contributed by atoms with van der Waals surface area (Å²) in [5, 5.41) is 2.18. The minimum absolute atomic E-state index is 0.136. The van der Waals surface area contributed by atoms with E-state index in [4.69, 9.17) is 4.74 Å². The molecule has 0 aromatic heterocycles. The zero-order chi connectivity index (χ0) is 15.5. The van der Waals surface area contributed by atoms with Crippen LogP contribution in [0.3, 0.4) is 0 Å². The summed E-state index contributed by atoms with van der Waals surface area (Å²) in [7, 11) is 0. The highest BCUT2D eigenvalue weighted by Crippen LogP contribution is 2.32. The summed E-state index contributed by atoms with van der Waals surface area (Å²) >= 11 is 0. The summed E-state index contributed by atoms with van der Waals surface area (Å²) in [4.78, 5) is 12.5. The van der Waals surface area contributed by atoms with E-state index in [1.54, 1.807) is 0 Å². The molecule has 0 amide bonds. The number of fused-ring (bicyclic) bond motifs is 1. The third kappa shape index (κ3) is 2.73. The molecule has 3 aromatic rings. The second kappa shape index (κ2) is 6.02. The molecule has 0 bridgehead atoms. The Hall–Kier alpha value is -2.61. The molecule has 22 heavy (non-hydrogen) atoms. The fourth-order valence-electron chi connectivity index (χ4n) is 2.64. The Morgan fingerprint density at radius 2 is 1.55 bits per heavy atom. The zero-order valence-corrected chi connectivity index (χ0v) is 12.7. The molecular formula is C20H18O2. The van der Waals surface area contributed by atoms with Gasteiger partial charge in [0.2, 0.25) is 0 Å². The van der Waals surface area contributed by atoms with Crippen molar-refractivity contribution in [2.45, 2.75) is 20.0 Å². The van der Waals surface area contributed by atoms with Crippen LogP contribution in [-0.2, 0) is 4.74 Å². The van der Waals surface area contributed by atoms with Gasteiger partial charge >= 0.3 is 5.97 Å². The highest BCUT2D eigenvalue weighted by molar-refractivity contribution is 6.08. The van der Waals surface area contributed by atoms with Gasteiger partial charge in [-0.15, -0.1) is 0 Å². The zero-order valence-electron chi connectivity index (χ0n) is 12.7. The lowest BCUT2D eigenvalue weighted by Crippen LogP contribution is -2.12. The highest BCUT2D eigenvalue weighted by Gasteiger charge is 2.17. The van der Waals surface area contributed by atoms with Crippen molar-refractivity contribution in [3.05, 3.63) is 72.3 Å². The fourth-order valence-corrected chi connectivity index (χ4v) is 2.64. The van der Waals surface area contributed by atoms with E-state index in [0.717, 1.165) is 21.9 Å². The van der Waals surface area contributed by atoms with Gasteiger partial charge in [0.1, 0.15) is 0 Å². The molecule has 2 nitrogen and oxygen atoms in total. The third-order valence-electron chi connectivity index (χ3n) is 3.55. The van der Waals surface area contributed by atoms with Gasteiger partial charge in [-0.3, -0.25) is 0 Å². The Morgan fingerprint density at radius 3 is 2.27 bits per heavy atom. The smallest absolute Gasteiger partial charge is 0.339 e. The summed E-state index contributed by atoms with van der Waals surface area (Å²) in [5.41, 5.74) is 2.57. The lowest BCUT2D eigenvalue weighted by Gasteiger charge is -2.14. The third-order valence-corrected chi connectivity index (χ3v) is 3.55. The van der Waals surface area contributed by atoms with Gasteiger partial charge in [-0.25, -0.2) is 4.79 Å². The monoisotopic (exact) mass is 290 g/mol. The molecule has 0 saturated heterocycles. The maximum absolute atomic E-state index is 12.5. The highest BCUT2D eigenvalue weighted by atomic mass is 16.5. The standard InChI is InChI=1S/C20H18O2/c1-14(2)22-20(21)18-13-12-15-8-6-7-11-17(15)19(18)16-9-4-3-5-10-16/h3-14H,1-2H3. The lowest BCUT2D eigenvalue weighted by molar-refractivity contribution is 0.0379. The molecule has 3 aromatic carbocycles. The van der Waals surface area contributed by atoms with Crippen molar-refractivity contribution < 1.29 is 9.53 Å². The largest absolute Gasteiger partial charge is 0.459 e. The molecule has 0 unspecified atom stereocenters. The van der Waals surface area contributed by atoms with Gasteiger partial charge in [0, 0.05) is 5.56 Å². The molecule has 0 aliphatic heterocycles. The first-order valence-electron chi connectivity index (χ1n) is 7.45. The number of ether oxygens (including phenoxy) is 1. The van der Waals surface area contributed by atoms with E-state index in [-0.39, 0.29) is 12.1 Å². The van der Waals surface area contributed by atoms with Crippen molar-refractivity contribution in [1.82, 2.24) is 0 Å². The molecule has 110 valence electrons. The van der Waals surface area contributed by atoms with Gasteiger partial charge in [-0.05, 0) is 36.2 Å². The molecule has 0 spiro atoms. The van der Waals surface area contributed by atoms with Crippen LogP contribution < -0.4 is 0 Å². The van der Waals surface area contributed by atoms with Crippen LogP contribution in [0.15, 0.2) is 66.7 Å². The predicted molar refractivity (Wildman–Crippen MR) is 89.9 cm³/mol. The SMILES string of the molecule is CC(C)OC(=O)c1ccc2ccccc2c1-c1ccccc1. The Bertz CT molecular complexity index is 804. The maximum Gasteiger partial charge on any atom is 0.339 e. The molecular weight excluding hydrogens is 272 g/mol. The average Bonchev–Trinajstić information content (AvgIpc) is 2.54. The van der Waals surface area contributed by atoms with Crippen molar-refractivity contribution in [3.63, 3.8) is 0 Å². The Kier molecular flexibility index (Phi) is 3.92. The van der Waals surface area contributed by atoms with E-state index in [9.17, 15) is 4.79 Å². The van der Waals surface area contributed by atoms with E-state index in [1.807, 2.05) is 74.5 Å². The van der Waals surface area contributed by atoms with Gasteiger partial charge in [-0.2, -0.15) is 0 Å². The number of hydrogen-bond acceptors (Lipinski definition) is 2. The van der Waals surface area contributed by atoms with Crippen LogP contribution in [0.1, 0.15) is 24.2 Å². The van der Waals surface area contributed by atoms with Crippen LogP contribution in [0.2, 0.25) is 0 Å². The second-order valence-electron chi connectivity index (χ2n) is 5.53. The van der Waals surface area contributed by atoms with Crippen molar-refractivity contribution in [2.24, 2.45) is 0 Å². The van der Waals surface area contributed by atoms with Crippen molar-refractivity contribution >= 4 is 16.7 Å². The minimum atomic E-state index is -0.278. The summed E-state index contributed by atoms with van der Waals surface area (Å²) < 4.78 is 5.41. The molecule has 0 heterocycles. The van der Waals surface area contributed by atoms with E-state index in [0.29, 0.717) is 5.56 Å². The normalized spacial score (nSPS) is 10.9. The summed E-state index contributed by atoms with van der Waals surface area (Å²) in [6.07, 6.45) is -0.136. The van der Waals surface area contributed by atoms with Gasteiger partial charge in [0.15, 0.2) is 0 Å². The van der Waals surface area contributed by atoms with Crippen molar-refractivity contribution in [3.8, 4) is 11.1 Å². The number of carbonyl (C=O) groups is 1. The maximum atomic E-state index is 12.5. The molecule has 0 atom stereocenters. The van der Waals surface area contributed by atoms with Gasteiger partial charge in [0.25, 0.3) is 0 Å². The van der Waals surface area contributed by atoms with E-state index >= 15 is 0 Å². The number of rotatable bonds is 3. The quantitative estimate of drug-likeness (QED) is 0.629. The first-order valence-corrected chi connectivity index (χ1v) is 7.45. The van der Waals surface area contributed by atoms with Gasteiger partial charge in [0.05, 0.1) is 11.7 Å². The summed E-state index contributed by atoms with van der Waals surface area (Å²) in [6.45, 7) is 3.72. The van der Waals surface area contributed by atoms with Crippen LogP contribution in [0.5, 0.6) is 0 Å². The Morgan fingerprint density at radius 1 is 0.864 bits per heavy atom. The number of hydrogen-bond donors (Lipinski definition) is 0. The summed E-state index contributed by atoms with van der Waals surface area (Å²) in [6, 6.07) is 21.9. The number of carbonyl (C=O) groups excluding carboxylic acids is 1. The average molecular weight is 290 g/mol. The van der Waals surface area contributed by atoms with E-state index in [1.165, 1.54) is 0 Å². The molecule has 0 radical (unpaired) electrons. The van der Waals surface area contributed by atoms with Gasteiger partial charge < -0.3 is 4.74 Å². The molecule has 0 N–H and O–H groups in total. The van der Waals surface area contributed by atoms with E-state index < -0.39 is 0 Å². The van der Waals surface area contributed by atoms with Crippen LogP contribution in [0.4, 0.5) is 0 Å². The van der Waals surface area contributed by atoms with Crippen LogP contribution in [-0.4, -0.2) is 12.1 Å². The molecule has 0 fully saturated rings.